The number of nitrogens with one attached hydrogen (secondary N) is 1. The van der Waals surface area contributed by atoms with Gasteiger partial charge in [0.25, 0.3) is 10.0 Å². The minimum Gasteiger partial charge on any atom is -0.490 e. The van der Waals surface area contributed by atoms with E-state index in [1.807, 2.05) is 37.9 Å². The zero-order valence-corrected chi connectivity index (χ0v) is 27.2. The highest BCUT2D eigenvalue weighted by Crippen LogP contribution is 2.48. The number of likely N-dealkylation sites (N-methyl/N-ethyl adjacent to an activating group) is 1. The van der Waals surface area contributed by atoms with Gasteiger partial charge < -0.3 is 24.2 Å². The SMILES string of the molecule is C=C/C(=C\C=C/C)S(=O)(=O)Nc1cc(-c2c(F)cc3ncc(N(C)C=O)c4c3c2OCC(C)N4C)cnc1OCCCN(C)C. The van der Waals surface area contributed by atoms with Gasteiger partial charge in [-0.25, -0.2) is 17.8 Å². The molecule has 0 spiro atoms. The molecular weight excluding hydrogens is 599 g/mol. The van der Waals surface area contributed by atoms with Crippen LogP contribution in [0, 0.1) is 5.82 Å². The molecule has 4 rings (SSSR count). The lowest BCUT2D eigenvalue weighted by atomic mass is 10.00. The minimum absolute atomic E-state index is 0.0178. The van der Waals surface area contributed by atoms with Crippen LogP contribution in [-0.4, -0.2) is 83.7 Å². The molecule has 3 heterocycles. The predicted molar refractivity (Wildman–Crippen MR) is 177 cm³/mol. The maximum absolute atomic E-state index is 16.0. The van der Waals surface area contributed by atoms with Gasteiger partial charge >= 0.3 is 0 Å². The third kappa shape index (κ3) is 7.10. The summed E-state index contributed by atoms with van der Waals surface area (Å²) >= 11 is 0. The first-order valence-electron chi connectivity index (χ1n) is 14.4. The first-order chi connectivity index (χ1) is 21.4. The van der Waals surface area contributed by atoms with Crippen molar-refractivity contribution in [3.63, 3.8) is 0 Å². The standard InChI is InChI=1S/C32H39FN6O5S/c1-8-10-12-23(9-2)45(41,42)36-26-15-22(17-35-32(26)43-14-11-13-37(4)5)28-24(33)16-25-29-30(27(18-34-25)38(6)20-40)39(7)21(3)19-44-31(28)29/h8-10,12,15-18,20-21,36H,2,11,13-14,19H2,1,3-7H3/b10-8-,23-12+. The van der Waals surface area contributed by atoms with Gasteiger partial charge in [0.2, 0.25) is 12.3 Å². The molecule has 1 amide bonds. The number of amides is 1. The van der Waals surface area contributed by atoms with E-state index in [-0.39, 0.29) is 52.6 Å². The normalized spacial score (nSPS) is 15.2. The average molecular weight is 639 g/mol. The Kier molecular flexibility index (Phi) is 10.5. The van der Waals surface area contributed by atoms with Crippen molar-refractivity contribution in [2.75, 3.05) is 62.5 Å². The Morgan fingerprint density at radius 3 is 2.69 bits per heavy atom. The van der Waals surface area contributed by atoms with Crippen molar-refractivity contribution in [1.29, 1.82) is 0 Å². The number of hydrogen-bond donors (Lipinski definition) is 1. The number of rotatable bonds is 13. The number of sulfonamides is 1. The smallest absolute Gasteiger partial charge is 0.262 e. The Morgan fingerprint density at radius 2 is 2.02 bits per heavy atom. The monoisotopic (exact) mass is 638 g/mol. The highest BCUT2D eigenvalue weighted by molar-refractivity contribution is 7.96. The van der Waals surface area contributed by atoms with Crippen molar-refractivity contribution in [2.45, 2.75) is 26.3 Å². The molecule has 1 unspecified atom stereocenters. The van der Waals surface area contributed by atoms with Crippen molar-refractivity contribution in [1.82, 2.24) is 14.9 Å². The molecule has 1 aromatic carbocycles. The molecule has 0 aliphatic carbocycles. The van der Waals surface area contributed by atoms with E-state index in [0.29, 0.717) is 35.1 Å². The van der Waals surface area contributed by atoms with Crippen molar-refractivity contribution >= 4 is 44.4 Å². The first-order valence-corrected chi connectivity index (χ1v) is 15.9. The number of carbonyl (C=O) groups is 1. The second-order valence-corrected chi connectivity index (χ2v) is 12.6. The number of benzene rings is 1. The minimum atomic E-state index is -4.12. The van der Waals surface area contributed by atoms with Crippen LogP contribution in [0.5, 0.6) is 11.6 Å². The molecule has 11 nitrogen and oxygen atoms in total. The lowest BCUT2D eigenvalue weighted by molar-refractivity contribution is -0.107. The maximum Gasteiger partial charge on any atom is 0.262 e. The zero-order chi connectivity index (χ0) is 32.9. The predicted octanol–water partition coefficient (Wildman–Crippen LogP) is 4.96. The van der Waals surface area contributed by atoms with Crippen molar-refractivity contribution in [2.24, 2.45) is 0 Å². The zero-order valence-electron chi connectivity index (χ0n) is 26.4. The van der Waals surface area contributed by atoms with Crippen LogP contribution in [0.3, 0.4) is 0 Å². The molecule has 2 aromatic heterocycles. The quantitative estimate of drug-likeness (QED) is 0.157. The lowest BCUT2D eigenvalue weighted by Gasteiger charge is -2.28. The Bertz CT molecular complexity index is 1760. The number of anilines is 3. The summed E-state index contributed by atoms with van der Waals surface area (Å²) in [6.07, 6.45) is 10.2. The largest absolute Gasteiger partial charge is 0.490 e. The summed E-state index contributed by atoms with van der Waals surface area (Å²) in [4.78, 5) is 25.9. The second kappa shape index (κ2) is 14.1. The molecule has 240 valence electrons. The van der Waals surface area contributed by atoms with E-state index in [9.17, 15) is 13.2 Å². The van der Waals surface area contributed by atoms with E-state index >= 15 is 4.39 Å². The Morgan fingerprint density at radius 1 is 1.27 bits per heavy atom. The van der Waals surface area contributed by atoms with Crippen LogP contribution in [0.15, 0.2) is 60.3 Å². The van der Waals surface area contributed by atoms with E-state index in [1.165, 1.54) is 41.6 Å². The third-order valence-electron chi connectivity index (χ3n) is 7.38. The number of hydrogen-bond acceptors (Lipinski definition) is 9. The summed E-state index contributed by atoms with van der Waals surface area (Å²) in [6, 6.07) is 2.62. The Hall–Kier alpha value is -4.49. The van der Waals surface area contributed by atoms with Gasteiger partial charge in [0, 0.05) is 38.5 Å². The summed E-state index contributed by atoms with van der Waals surface area (Å²) in [5.41, 5.74) is 1.84. The maximum atomic E-state index is 16.0. The van der Waals surface area contributed by atoms with Gasteiger partial charge in [-0.15, -0.1) is 0 Å². The van der Waals surface area contributed by atoms with Crippen LogP contribution in [0.1, 0.15) is 20.3 Å². The summed E-state index contributed by atoms with van der Waals surface area (Å²) in [7, 11) is 3.24. The number of halogens is 1. The molecule has 0 fully saturated rings. The molecule has 1 atom stereocenters. The lowest BCUT2D eigenvalue weighted by Crippen LogP contribution is -2.33. The van der Waals surface area contributed by atoms with Crippen molar-refractivity contribution in [3.05, 3.63) is 66.1 Å². The molecule has 45 heavy (non-hydrogen) atoms. The topological polar surface area (TPSA) is 117 Å². The number of ether oxygens (including phenoxy) is 2. The van der Waals surface area contributed by atoms with E-state index < -0.39 is 15.8 Å². The van der Waals surface area contributed by atoms with Crippen LogP contribution in [0.4, 0.5) is 21.5 Å². The number of nitrogens with zero attached hydrogens (tertiary/aromatic N) is 5. The van der Waals surface area contributed by atoms with Gasteiger partial charge in [0.05, 0.1) is 51.6 Å². The highest BCUT2D eigenvalue weighted by Gasteiger charge is 2.30. The van der Waals surface area contributed by atoms with Crippen LogP contribution in [0.25, 0.3) is 22.0 Å². The summed E-state index contributed by atoms with van der Waals surface area (Å²) in [6.45, 7) is 8.58. The number of pyridine rings is 2. The van der Waals surface area contributed by atoms with Gasteiger partial charge in [-0.05, 0) is 52.6 Å². The summed E-state index contributed by atoms with van der Waals surface area (Å²) < 4.78 is 57.6. The van der Waals surface area contributed by atoms with E-state index in [0.717, 1.165) is 6.54 Å². The molecular formula is C32H39FN6O5S. The first kappa shape index (κ1) is 33.4. The van der Waals surface area contributed by atoms with E-state index in [4.69, 9.17) is 9.47 Å². The van der Waals surface area contributed by atoms with Gasteiger partial charge in [-0.1, -0.05) is 18.7 Å². The van der Waals surface area contributed by atoms with Gasteiger partial charge in [-0.3, -0.25) is 14.5 Å². The highest BCUT2D eigenvalue weighted by atomic mass is 32.2. The van der Waals surface area contributed by atoms with Gasteiger partial charge in [-0.2, -0.15) is 0 Å². The van der Waals surface area contributed by atoms with Crippen LogP contribution < -0.4 is 24.0 Å². The summed E-state index contributed by atoms with van der Waals surface area (Å²) in [5.74, 6) is -0.395. The van der Waals surface area contributed by atoms with Crippen LogP contribution in [-0.2, 0) is 14.8 Å². The molecule has 1 aliphatic rings. The Balaban J connectivity index is 1.93. The van der Waals surface area contributed by atoms with E-state index in [2.05, 4.69) is 21.3 Å². The molecule has 13 heteroatoms. The fourth-order valence-electron chi connectivity index (χ4n) is 4.87. The molecule has 0 saturated heterocycles. The van der Waals surface area contributed by atoms with Crippen molar-refractivity contribution in [3.8, 4) is 22.8 Å². The molecule has 0 saturated carbocycles. The fraction of sp³-hybridized carbons (Fsp3) is 0.344. The second-order valence-electron chi connectivity index (χ2n) is 10.9. The Labute approximate surface area is 263 Å². The van der Waals surface area contributed by atoms with Crippen molar-refractivity contribution < 1.29 is 27.1 Å². The third-order valence-corrected chi connectivity index (χ3v) is 8.79. The average Bonchev–Trinajstić information content (AvgIpc) is 3.12. The molecule has 1 N–H and O–H groups in total. The summed E-state index contributed by atoms with van der Waals surface area (Å²) in [5, 5.41) is 0.513. The molecule has 0 radical (unpaired) electrons. The van der Waals surface area contributed by atoms with Crippen LogP contribution >= 0.6 is 0 Å². The number of allylic oxidation sites excluding steroid dienone is 4. The number of aromatic nitrogens is 2. The fourth-order valence-corrected chi connectivity index (χ4v) is 5.91. The van der Waals surface area contributed by atoms with E-state index in [1.54, 1.807) is 26.1 Å². The number of carbonyl (C=O) groups excluding carboxylic acids is 1. The van der Waals surface area contributed by atoms with Crippen LogP contribution in [0.2, 0.25) is 0 Å². The molecule has 3 aromatic rings. The molecule has 1 aliphatic heterocycles. The molecule has 0 bridgehead atoms. The van der Waals surface area contributed by atoms with Gasteiger partial charge in [0.1, 0.15) is 23.9 Å². The van der Waals surface area contributed by atoms with Gasteiger partial charge in [0.15, 0.2) is 0 Å².